The Kier molecular flexibility index (Phi) is 4.98. The van der Waals surface area contributed by atoms with Crippen LogP contribution in [0.5, 0.6) is 0 Å². The summed E-state index contributed by atoms with van der Waals surface area (Å²) in [6.45, 7) is 2.44. The molecule has 0 bridgehead atoms. The van der Waals surface area contributed by atoms with Crippen molar-refractivity contribution in [3.8, 4) is 11.3 Å². The molecule has 4 rings (SSSR count). The van der Waals surface area contributed by atoms with Crippen LogP contribution in [0.25, 0.3) is 11.3 Å². The highest BCUT2D eigenvalue weighted by molar-refractivity contribution is 7.92. The Hall–Kier alpha value is -2.23. The van der Waals surface area contributed by atoms with Crippen molar-refractivity contribution < 1.29 is 13.2 Å². The molecule has 1 aromatic carbocycles. The molecular formula is C19H19N3O3S3. The average molecular weight is 434 g/mol. The van der Waals surface area contributed by atoms with E-state index in [4.69, 9.17) is 0 Å². The highest BCUT2D eigenvalue weighted by Gasteiger charge is 2.26. The summed E-state index contributed by atoms with van der Waals surface area (Å²) >= 11 is 3.00. The molecule has 2 aromatic heterocycles. The highest BCUT2D eigenvalue weighted by atomic mass is 32.2. The van der Waals surface area contributed by atoms with E-state index in [1.807, 2.05) is 42.6 Å². The van der Waals surface area contributed by atoms with E-state index in [2.05, 4.69) is 10.3 Å². The number of carbonyl (C=O) groups is 1. The fraction of sp³-hybridized carbons (Fsp3) is 0.263. The molecule has 0 aliphatic carbocycles. The molecule has 0 atom stereocenters. The number of anilines is 2. The summed E-state index contributed by atoms with van der Waals surface area (Å²) in [5.41, 5.74) is 3.49. The average Bonchev–Trinajstić information content (AvgIpc) is 3.33. The number of nitrogens with zero attached hydrogens (tertiary/aromatic N) is 2. The van der Waals surface area contributed by atoms with Crippen LogP contribution in [0.15, 0.2) is 35.7 Å². The van der Waals surface area contributed by atoms with Crippen LogP contribution in [0.2, 0.25) is 0 Å². The number of thiophene rings is 1. The second-order valence-corrected chi connectivity index (χ2v) is 10.8. The van der Waals surface area contributed by atoms with E-state index in [-0.39, 0.29) is 5.91 Å². The lowest BCUT2D eigenvalue weighted by atomic mass is 10.1. The summed E-state index contributed by atoms with van der Waals surface area (Å²) in [7, 11) is -3.26. The summed E-state index contributed by atoms with van der Waals surface area (Å²) in [5, 5.41) is 5.41. The van der Waals surface area contributed by atoms with Gasteiger partial charge in [0.1, 0.15) is 0 Å². The number of fused-ring (bicyclic) bond motifs is 1. The fourth-order valence-electron chi connectivity index (χ4n) is 3.32. The van der Waals surface area contributed by atoms with E-state index in [0.29, 0.717) is 24.5 Å². The first-order valence-corrected chi connectivity index (χ1v) is 12.3. The number of rotatable bonds is 5. The Morgan fingerprint density at radius 3 is 2.86 bits per heavy atom. The van der Waals surface area contributed by atoms with Crippen molar-refractivity contribution >= 4 is 49.4 Å². The minimum atomic E-state index is -3.26. The minimum absolute atomic E-state index is 0.0829. The third-order valence-electron chi connectivity index (χ3n) is 4.56. The first-order valence-electron chi connectivity index (χ1n) is 8.72. The first kappa shape index (κ1) is 19.1. The second-order valence-electron chi connectivity index (χ2n) is 6.66. The molecule has 0 fully saturated rings. The molecule has 0 radical (unpaired) electrons. The van der Waals surface area contributed by atoms with Gasteiger partial charge in [0, 0.05) is 21.9 Å². The number of benzene rings is 1. The molecule has 0 saturated heterocycles. The molecule has 146 valence electrons. The van der Waals surface area contributed by atoms with Gasteiger partial charge >= 0.3 is 0 Å². The third kappa shape index (κ3) is 3.82. The number of amides is 1. The molecule has 1 aliphatic rings. The molecular weight excluding hydrogens is 414 g/mol. The van der Waals surface area contributed by atoms with Crippen LogP contribution in [0.4, 0.5) is 10.8 Å². The molecule has 3 aromatic rings. The van der Waals surface area contributed by atoms with E-state index < -0.39 is 10.0 Å². The molecule has 0 unspecified atom stereocenters. The summed E-state index contributed by atoms with van der Waals surface area (Å²) < 4.78 is 25.2. The van der Waals surface area contributed by atoms with Crippen LogP contribution in [-0.4, -0.2) is 32.1 Å². The van der Waals surface area contributed by atoms with Crippen LogP contribution in [0.3, 0.4) is 0 Å². The van der Waals surface area contributed by atoms with Crippen LogP contribution < -0.4 is 9.62 Å². The monoisotopic (exact) mass is 433 g/mol. The number of hydrogen-bond donors (Lipinski definition) is 1. The Balaban J connectivity index is 1.55. The summed E-state index contributed by atoms with van der Waals surface area (Å²) in [6.07, 6.45) is 2.25. The SMILES string of the molecule is Cc1sc(NC(=O)Cc2cccs2)nc1-c1ccc2c(c1)CCN2S(C)(=O)=O. The predicted octanol–water partition coefficient (Wildman–Crippen LogP) is 3.68. The molecule has 3 heterocycles. The van der Waals surface area contributed by atoms with Crippen LogP contribution in [-0.2, 0) is 27.7 Å². The van der Waals surface area contributed by atoms with Gasteiger partial charge in [0.15, 0.2) is 5.13 Å². The number of aromatic nitrogens is 1. The number of nitrogens with one attached hydrogen (secondary N) is 1. The number of thiazole rings is 1. The molecule has 1 aliphatic heterocycles. The van der Waals surface area contributed by atoms with Gasteiger partial charge in [-0.1, -0.05) is 12.1 Å². The lowest BCUT2D eigenvalue weighted by Gasteiger charge is -2.16. The summed E-state index contributed by atoms with van der Waals surface area (Å²) in [4.78, 5) is 18.8. The summed E-state index contributed by atoms with van der Waals surface area (Å²) in [6, 6.07) is 9.60. The van der Waals surface area contributed by atoms with Gasteiger partial charge in [-0.25, -0.2) is 13.4 Å². The second kappa shape index (κ2) is 7.31. The zero-order chi connectivity index (χ0) is 19.9. The maximum Gasteiger partial charge on any atom is 0.232 e. The van der Waals surface area contributed by atoms with Crippen LogP contribution in [0.1, 0.15) is 15.3 Å². The number of carbonyl (C=O) groups excluding carboxylic acids is 1. The Labute approximate surface area is 171 Å². The maximum absolute atomic E-state index is 12.2. The van der Waals surface area contributed by atoms with Gasteiger partial charge in [-0.3, -0.25) is 9.10 Å². The molecule has 1 amide bonds. The van der Waals surface area contributed by atoms with Crippen molar-refractivity contribution in [2.45, 2.75) is 19.8 Å². The van der Waals surface area contributed by atoms with E-state index in [0.717, 1.165) is 32.3 Å². The Bertz CT molecular complexity index is 1130. The number of sulfonamides is 1. The molecule has 0 spiro atoms. The van der Waals surface area contributed by atoms with Gasteiger partial charge in [-0.2, -0.15) is 0 Å². The number of hydrogen-bond acceptors (Lipinski definition) is 6. The van der Waals surface area contributed by atoms with Gasteiger partial charge in [-0.05, 0) is 42.5 Å². The molecule has 9 heteroatoms. The van der Waals surface area contributed by atoms with Gasteiger partial charge in [0.05, 0.1) is 24.1 Å². The van der Waals surface area contributed by atoms with Crippen molar-refractivity contribution in [1.29, 1.82) is 0 Å². The topological polar surface area (TPSA) is 79.4 Å². The highest BCUT2D eigenvalue weighted by Crippen LogP contribution is 2.36. The van der Waals surface area contributed by atoms with E-state index in [1.165, 1.54) is 21.9 Å². The molecule has 28 heavy (non-hydrogen) atoms. The van der Waals surface area contributed by atoms with Gasteiger partial charge in [-0.15, -0.1) is 22.7 Å². The molecule has 6 nitrogen and oxygen atoms in total. The molecule has 0 saturated carbocycles. The van der Waals surface area contributed by atoms with Crippen molar-refractivity contribution in [2.24, 2.45) is 0 Å². The zero-order valence-electron chi connectivity index (χ0n) is 15.4. The van der Waals surface area contributed by atoms with Gasteiger partial charge in [0.2, 0.25) is 15.9 Å². The Morgan fingerprint density at radius 1 is 1.32 bits per heavy atom. The Morgan fingerprint density at radius 2 is 2.14 bits per heavy atom. The lowest BCUT2D eigenvalue weighted by Crippen LogP contribution is -2.27. The summed E-state index contributed by atoms with van der Waals surface area (Å²) in [5.74, 6) is -0.0829. The standard InChI is InChI=1S/C19H19N3O3S3/c1-12-18(21-19(27-12)20-17(23)11-15-4-3-9-26-15)14-5-6-16-13(10-14)7-8-22(16)28(2,24)25/h3-6,9-10H,7-8,11H2,1-2H3,(H,20,21,23). The van der Waals surface area contributed by atoms with Crippen molar-refractivity contribution in [3.63, 3.8) is 0 Å². The van der Waals surface area contributed by atoms with Crippen molar-refractivity contribution in [1.82, 2.24) is 4.98 Å². The van der Waals surface area contributed by atoms with Crippen LogP contribution >= 0.6 is 22.7 Å². The molecule has 1 N–H and O–H groups in total. The third-order valence-corrected chi connectivity index (χ3v) is 7.51. The number of aryl methyl sites for hydroxylation is 1. The van der Waals surface area contributed by atoms with Gasteiger partial charge in [0.25, 0.3) is 0 Å². The van der Waals surface area contributed by atoms with Gasteiger partial charge < -0.3 is 5.32 Å². The quantitative estimate of drug-likeness (QED) is 0.666. The minimum Gasteiger partial charge on any atom is -0.302 e. The smallest absolute Gasteiger partial charge is 0.232 e. The fourth-order valence-corrected chi connectivity index (χ4v) is 5.83. The van der Waals surface area contributed by atoms with Crippen molar-refractivity contribution in [2.75, 3.05) is 22.4 Å². The normalized spacial score (nSPS) is 13.6. The van der Waals surface area contributed by atoms with Crippen LogP contribution in [0, 0.1) is 6.92 Å². The predicted molar refractivity (Wildman–Crippen MR) is 115 cm³/mol. The zero-order valence-corrected chi connectivity index (χ0v) is 17.9. The first-order chi connectivity index (χ1) is 13.3. The largest absolute Gasteiger partial charge is 0.302 e. The maximum atomic E-state index is 12.2. The van der Waals surface area contributed by atoms with E-state index in [9.17, 15) is 13.2 Å². The van der Waals surface area contributed by atoms with Crippen molar-refractivity contribution in [3.05, 3.63) is 51.0 Å². The van der Waals surface area contributed by atoms with E-state index in [1.54, 1.807) is 11.3 Å². The lowest BCUT2D eigenvalue weighted by molar-refractivity contribution is -0.115. The van der Waals surface area contributed by atoms with E-state index >= 15 is 0 Å².